The summed E-state index contributed by atoms with van der Waals surface area (Å²) in [5.74, 6) is 0. The van der Waals surface area contributed by atoms with Gasteiger partial charge in [0.05, 0.1) is 0 Å². The Labute approximate surface area is 79.9 Å². The van der Waals surface area contributed by atoms with E-state index in [2.05, 4.69) is 25.1 Å². The summed E-state index contributed by atoms with van der Waals surface area (Å²) in [6.07, 6.45) is 1.91. The van der Waals surface area contributed by atoms with Gasteiger partial charge < -0.3 is 11.5 Å². The van der Waals surface area contributed by atoms with Crippen LogP contribution in [0, 0.1) is 6.92 Å². The minimum absolute atomic E-state index is 0.709. The van der Waals surface area contributed by atoms with Crippen LogP contribution in [0.1, 0.15) is 16.7 Å². The minimum Gasteiger partial charge on any atom is -0.330 e. The SMILES string of the molecule is Cc1ccc(CCN)c(CCN)c1. The molecule has 72 valence electrons. The van der Waals surface area contributed by atoms with E-state index in [0.29, 0.717) is 13.1 Å². The Morgan fingerprint density at radius 2 is 1.62 bits per heavy atom. The van der Waals surface area contributed by atoms with Gasteiger partial charge in [0.25, 0.3) is 0 Å². The van der Waals surface area contributed by atoms with Crippen LogP contribution in [0.5, 0.6) is 0 Å². The van der Waals surface area contributed by atoms with Gasteiger partial charge in [-0.3, -0.25) is 0 Å². The van der Waals surface area contributed by atoms with Gasteiger partial charge in [-0.1, -0.05) is 23.8 Å². The largest absolute Gasteiger partial charge is 0.330 e. The van der Waals surface area contributed by atoms with E-state index in [0.717, 1.165) is 12.8 Å². The number of hydrogen-bond acceptors (Lipinski definition) is 2. The van der Waals surface area contributed by atoms with Crippen molar-refractivity contribution in [2.75, 3.05) is 13.1 Å². The third-order valence-electron chi connectivity index (χ3n) is 2.19. The molecule has 0 aliphatic heterocycles. The van der Waals surface area contributed by atoms with E-state index >= 15 is 0 Å². The van der Waals surface area contributed by atoms with Crippen LogP contribution in [-0.4, -0.2) is 13.1 Å². The molecule has 0 heterocycles. The monoisotopic (exact) mass is 178 g/mol. The Morgan fingerprint density at radius 1 is 1.00 bits per heavy atom. The minimum atomic E-state index is 0.709. The van der Waals surface area contributed by atoms with Crippen LogP contribution in [0.3, 0.4) is 0 Å². The standard InChI is InChI=1S/C11H18N2/c1-9-2-3-10(4-6-12)11(8-9)5-7-13/h2-3,8H,4-7,12-13H2,1H3. The van der Waals surface area contributed by atoms with Crippen molar-refractivity contribution in [1.29, 1.82) is 0 Å². The Morgan fingerprint density at radius 3 is 2.23 bits per heavy atom. The summed E-state index contributed by atoms with van der Waals surface area (Å²) in [6, 6.07) is 6.50. The van der Waals surface area contributed by atoms with Crippen molar-refractivity contribution in [2.24, 2.45) is 11.5 Å². The molecule has 1 aromatic carbocycles. The molecular formula is C11H18N2. The molecule has 2 nitrogen and oxygen atoms in total. The van der Waals surface area contributed by atoms with Gasteiger partial charge in [0.1, 0.15) is 0 Å². The van der Waals surface area contributed by atoms with Crippen molar-refractivity contribution in [2.45, 2.75) is 19.8 Å². The third kappa shape index (κ3) is 2.83. The lowest BCUT2D eigenvalue weighted by molar-refractivity contribution is 0.903. The Bertz CT molecular complexity index is 269. The van der Waals surface area contributed by atoms with Gasteiger partial charge in [0.15, 0.2) is 0 Å². The van der Waals surface area contributed by atoms with Gasteiger partial charge in [0, 0.05) is 0 Å². The molecule has 0 aliphatic rings. The molecule has 13 heavy (non-hydrogen) atoms. The summed E-state index contributed by atoms with van der Waals surface area (Å²) in [5, 5.41) is 0. The van der Waals surface area contributed by atoms with E-state index in [1.54, 1.807) is 0 Å². The molecule has 0 unspecified atom stereocenters. The lowest BCUT2D eigenvalue weighted by atomic mass is 9.99. The highest BCUT2D eigenvalue weighted by atomic mass is 14.5. The molecule has 4 N–H and O–H groups in total. The van der Waals surface area contributed by atoms with Crippen LogP contribution in [0.2, 0.25) is 0 Å². The maximum atomic E-state index is 5.54. The van der Waals surface area contributed by atoms with Gasteiger partial charge >= 0.3 is 0 Å². The maximum Gasteiger partial charge on any atom is -0.00366 e. The molecule has 1 rings (SSSR count). The average molecular weight is 178 g/mol. The highest BCUT2D eigenvalue weighted by Gasteiger charge is 2.00. The van der Waals surface area contributed by atoms with Crippen molar-refractivity contribution in [3.05, 3.63) is 34.9 Å². The van der Waals surface area contributed by atoms with E-state index in [1.165, 1.54) is 16.7 Å². The topological polar surface area (TPSA) is 52.0 Å². The first-order valence-electron chi connectivity index (χ1n) is 4.76. The van der Waals surface area contributed by atoms with Gasteiger partial charge in [-0.2, -0.15) is 0 Å². The molecule has 1 aromatic rings. The lowest BCUT2D eigenvalue weighted by Gasteiger charge is -2.08. The van der Waals surface area contributed by atoms with Crippen LogP contribution in [0.25, 0.3) is 0 Å². The molecule has 0 spiro atoms. The molecule has 0 saturated heterocycles. The Balaban J connectivity index is 2.89. The normalized spacial score (nSPS) is 10.4. The predicted molar refractivity (Wildman–Crippen MR) is 56.7 cm³/mol. The maximum absolute atomic E-state index is 5.54. The van der Waals surface area contributed by atoms with Crippen molar-refractivity contribution < 1.29 is 0 Å². The van der Waals surface area contributed by atoms with E-state index in [1.807, 2.05) is 0 Å². The highest BCUT2D eigenvalue weighted by molar-refractivity contribution is 5.32. The Kier molecular flexibility index (Phi) is 3.93. The van der Waals surface area contributed by atoms with Crippen LogP contribution >= 0.6 is 0 Å². The summed E-state index contributed by atoms with van der Waals surface area (Å²) in [7, 11) is 0. The number of benzene rings is 1. The molecule has 0 radical (unpaired) electrons. The van der Waals surface area contributed by atoms with Crippen LogP contribution < -0.4 is 11.5 Å². The fourth-order valence-corrected chi connectivity index (χ4v) is 1.54. The van der Waals surface area contributed by atoms with E-state index in [9.17, 15) is 0 Å². The molecule has 0 saturated carbocycles. The van der Waals surface area contributed by atoms with Crippen LogP contribution in [-0.2, 0) is 12.8 Å². The van der Waals surface area contributed by atoms with E-state index in [-0.39, 0.29) is 0 Å². The molecular weight excluding hydrogens is 160 g/mol. The summed E-state index contributed by atoms with van der Waals surface area (Å²) in [6.45, 7) is 3.52. The number of aryl methyl sites for hydroxylation is 1. The van der Waals surface area contributed by atoms with E-state index in [4.69, 9.17) is 11.5 Å². The molecule has 0 amide bonds. The second-order valence-electron chi connectivity index (χ2n) is 3.35. The van der Waals surface area contributed by atoms with Gasteiger partial charge in [-0.25, -0.2) is 0 Å². The number of nitrogens with two attached hydrogens (primary N) is 2. The Hall–Kier alpha value is -0.860. The lowest BCUT2D eigenvalue weighted by Crippen LogP contribution is -2.09. The fourth-order valence-electron chi connectivity index (χ4n) is 1.54. The summed E-state index contributed by atoms with van der Waals surface area (Å²) < 4.78 is 0. The van der Waals surface area contributed by atoms with Crippen molar-refractivity contribution >= 4 is 0 Å². The van der Waals surface area contributed by atoms with Gasteiger partial charge in [-0.05, 0) is 44.0 Å². The van der Waals surface area contributed by atoms with Crippen molar-refractivity contribution in [3.8, 4) is 0 Å². The summed E-state index contributed by atoms with van der Waals surface area (Å²) in [4.78, 5) is 0. The molecule has 0 aliphatic carbocycles. The first-order chi connectivity index (χ1) is 6.27. The molecule has 0 fully saturated rings. The second-order valence-corrected chi connectivity index (χ2v) is 3.35. The first-order valence-corrected chi connectivity index (χ1v) is 4.76. The predicted octanol–water partition coefficient (Wildman–Crippen LogP) is 0.997. The zero-order valence-corrected chi connectivity index (χ0v) is 8.22. The zero-order chi connectivity index (χ0) is 9.68. The first kappa shape index (κ1) is 10.2. The quantitative estimate of drug-likeness (QED) is 0.722. The molecule has 0 aromatic heterocycles. The molecule has 0 bridgehead atoms. The highest BCUT2D eigenvalue weighted by Crippen LogP contribution is 2.12. The van der Waals surface area contributed by atoms with Gasteiger partial charge in [0.2, 0.25) is 0 Å². The smallest absolute Gasteiger partial charge is 0.00366 e. The van der Waals surface area contributed by atoms with Crippen LogP contribution in [0.15, 0.2) is 18.2 Å². The number of hydrogen-bond donors (Lipinski definition) is 2. The van der Waals surface area contributed by atoms with E-state index < -0.39 is 0 Å². The van der Waals surface area contributed by atoms with Crippen molar-refractivity contribution in [1.82, 2.24) is 0 Å². The van der Waals surface area contributed by atoms with Crippen molar-refractivity contribution in [3.63, 3.8) is 0 Å². The molecule has 2 heteroatoms. The van der Waals surface area contributed by atoms with Crippen LogP contribution in [0.4, 0.5) is 0 Å². The third-order valence-corrected chi connectivity index (χ3v) is 2.19. The fraction of sp³-hybridized carbons (Fsp3) is 0.455. The van der Waals surface area contributed by atoms with Gasteiger partial charge in [-0.15, -0.1) is 0 Å². The zero-order valence-electron chi connectivity index (χ0n) is 8.22. The summed E-state index contributed by atoms with van der Waals surface area (Å²) in [5.41, 5.74) is 15.1. The average Bonchev–Trinajstić information content (AvgIpc) is 2.10. The number of rotatable bonds is 4. The second kappa shape index (κ2) is 5.00. The summed E-state index contributed by atoms with van der Waals surface area (Å²) >= 11 is 0. The molecule has 0 atom stereocenters.